The summed E-state index contributed by atoms with van der Waals surface area (Å²) in [4.78, 5) is 0. The first kappa shape index (κ1) is 15.9. The molecule has 0 nitrogen and oxygen atoms in total. The lowest BCUT2D eigenvalue weighted by atomic mass is 9.84. The summed E-state index contributed by atoms with van der Waals surface area (Å²) in [5, 5.41) is 0. The zero-order chi connectivity index (χ0) is 16.2. The molecule has 120 valence electrons. The Kier molecular flexibility index (Phi) is 4.90. The summed E-state index contributed by atoms with van der Waals surface area (Å²) < 4.78 is 29.1. The first-order valence-electron chi connectivity index (χ1n) is 8.43. The van der Waals surface area contributed by atoms with Crippen LogP contribution in [0.4, 0.5) is 8.78 Å². The number of hydrogen-bond acceptors (Lipinski definition) is 0. The van der Waals surface area contributed by atoms with Crippen LogP contribution in [0, 0.1) is 17.6 Å². The standard InChI is InChI=1S/C21H22F2/c1-2-6-15-9-11-17(12-10-15)19-14-13-18(20(22)21(19)23)16-7-4-3-5-8-16/h3-5,7-8,11,13-15H,2,6,9-10,12H2,1H3. The SMILES string of the molecule is CCCC1CC=C(c2ccc(-c3ccccc3)c(F)c2F)CC1. The summed E-state index contributed by atoms with van der Waals surface area (Å²) in [5.74, 6) is -0.767. The lowest BCUT2D eigenvalue weighted by molar-refractivity contribution is 0.443. The molecule has 0 fully saturated rings. The van der Waals surface area contributed by atoms with Crippen LogP contribution in [0.3, 0.4) is 0 Å². The number of halogens is 2. The van der Waals surface area contributed by atoms with Gasteiger partial charge in [0.2, 0.25) is 0 Å². The molecule has 1 aliphatic carbocycles. The van der Waals surface area contributed by atoms with Crippen molar-refractivity contribution in [2.24, 2.45) is 5.92 Å². The van der Waals surface area contributed by atoms with Gasteiger partial charge in [0.25, 0.3) is 0 Å². The van der Waals surface area contributed by atoms with Crippen molar-refractivity contribution >= 4 is 5.57 Å². The Morgan fingerprint density at radius 3 is 2.30 bits per heavy atom. The van der Waals surface area contributed by atoms with Gasteiger partial charge in [-0.15, -0.1) is 0 Å². The van der Waals surface area contributed by atoms with Gasteiger partial charge < -0.3 is 0 Å². The Morgan fingerprint density at radius 1 is 0.957 bits per heavy atom. The maximum Gasteiger partial charge on any atom is 0.167 e. The molecule has 0 heterocycles. The Labute approximate surface area is 136 Å². The van der Waals surface area contributed by atoms with Crippen molar-refractivity contribution in [3.05, 3.63) is 65.7 Å². The van der Waals surface area contributed by atoms with Crippen LogP contribution in [0.15, 0.2) is 48.5 Å². The van der Waals surface area contributed by atoms with Crippen molar-refractivity contribution in [2.75, 3.05) is 0 Å². The monoisotopic (exact) mass is 312 g/mol. The second kappa shape index (κ2) is 7.08. The average molecular weight is 312 g/mol. The molecule has 1 aliphatic rings. The quantitative estimate of drug-likeness (QED) is 0.595. The highest BCUT2D eigenvalue weighted by molar-refractivity contribution is 5.72. The molecule has 0 bridgehead atoms. The topological polar surface area (TPSA) is 0 Å². The molecule has 1 unspecified atom stereocenters. The van der Waals surface area contributed by atoms with Crippen LogP contribution in [0.2, 0.25) is 0 Å². The molecule has 23 heavy (non-hydrogen) atoms. The highest BCUT2D eigenvalue weighted by Gasteiger charge is 2.20. The molecule has 0 radical (unpaired) electrons. The third kappa shape index (κ3) is 3.36. The third-order valence-corrected chi connectivity index (χ3v) is 4.73. The highest BCUT2D eigenvalue weighted by Crippen LogP contribution is 2.35. The van der Waals surface area contributed by atoms with Crippen molar-refractivity contribution in [1.82, 2.24) is 0 Å². The van der Waals surface area contributed by atoms with E-state index in [-0.39, 0.29) is 0 Å². The molecule has 0 N–H and O–H groups in total. The van der Waals surface area contributed by atoms with Gasteiger partial charge in [-0.3, -0.25) is 0 Å². The predicted molar refractivity (Wildman–Crippen MR) is 92.0 cm³/mol. The fourth-order valence-corrected chi connectivity index (χ4v) is 3.44. The Bertz CT molecular complexity index is 701. The zero-order valence-electron chi connectivity index (χ0n) is 13.5. The van der Waals surface area contributed by atoms with Crippen molar-refractivity contribution in [1.29, 1.82) is 0 Å². The zero-order valence-corrected chi connectivity index (χ0v) is 13.5. The normalized spacial score (nSPS) is 17.9. The van der Waals surface area contributed by atoms with Gasteiger partial charge in [-0.05, 0) is 36.3 Å². The van der Waals surface area contributed by atoms with E-state index in [2.05, 4.69) is 13.0 Å². The van der Waals surface area contributed by atoms with Gasteiger partial charge in [-0.2, -0.15) is 0 Å². The van der Waals surface area contributed by atoms with Gasteiger partial charge in [0.05, 0.1) is 0 Å². The minimum absolute atomic E-state index is 0.326. The van der Waals surface area contributed by atoms with Crippen molar-refractivity contribution in [2.45, 2.75) is 39.0 Å². The van der Waals surface area contributed by atoms with E-state index < -0.39 is 11.6 Å². The molecule has 0 spiro atoms. The lowest BCUT2D eigenvalue weighted by Crippen LogP contribution is -2.06. The minimum atomic E-state index is -0.745. The summed E-state index contributed by atoms with van der Waals surface area (Å²) in [6.07, 6.45) is 7.39. The molecule has 0 saturated heterocycles. The summed E-state index contributed by atoms with van der Waals surface area (Å²) in [5.41, 5.74) is 2.41. The largest absolute Gasteiger partial charge is 0.203 e. The highest BCUT2D eigenvalue weighted by atomic mass is 19.2. The van der Waals surface area contributed by atoms with Crippen molar-refractivity contribution < 1.29 is 8.78 Å². The van der Waals surface area contributed by atoms with Crippen LogP contribution in [-0.2, 0) is 0 Å². The van der Waals surface area contributed by atoms with E-state index in [9.17, 15) is 8.78 Å². The third-order valence-electron chi connectivity index (χ3n) is 4.73. The maximum atomic E-state index is 14.6. The van der Waals surface area contributed by atoms with Crippen molar-refractivity contribution in [3.63, 3.8) is 0 Å². The number of rotatable bonds is 4. The molecule has 0 aromatic heterocycles. The van der Waals surface area contributed by atoms with Gasteiger partial charge in [0.15, 0.2) is 11.6 Å². The molecule has 0 saturated carbocycles. The summed E-state index contributed by atoms with van der Waals surface area (Å²) in [7, 11) is 0. The molecule has 0 amide bonds. The van der Waals surface area contributed by atoms with Gasteiger partial charge in [-0.25, -0.2) is 8.78 Å². The van der Waals surface area contributed by atoms with E-state index in [1.165, 1.54) is 12.8 Å². The van der Waals surface area contributed by atoms with Crippen LogP contribution in [0.25, 0.3) is 16.7 Å². The van der Waals surface area contributed by atoms with Gasteiger partial charge >= 0.3 is 0 Å². The second-order valence-corrected chi connectivity index (χ2v) is 6.31. The van der Waals surface area contributed by atoms with E-state index in [0.717, 1.165) is 24.8 Å². The Morgan fingerprint density at radius 2 is 1.65 bits per heavy atom. The predicted octanol–water partition coefficient (Wildman–Crippen LogP) is 6.62. The van der Waals surface area contributed by atoms with E-state index >= 15 is 0 Å². The fourth-order valence-electron chi connectivity index (χ4n) is 3.44. The second-order valence-electron chi connectivity index (χ2n) is 6.31. The number of hydrogen-bond donors (Lipinski definition) is 0. The molecule has 2 aromatic carbocycles. The van der Waals surface area contributed by atoms with Crippen LogP contribution in [0.5, 0.6) is 0 Å². The van der Waals surface area contributed by atoms with Crippen LogP contribution < -0.4 is 0 Å². The van der Waals surface area contributed by atoms with E-state index in [4.69, 9.17) is 0 Å². The molecule has 2 heteroatoms. The first-order chi connectivity index (χ1) is 11.2. The minimum Gasteiger partial charge on any atom is -0.203 e. The van der Waals surface area contributed by atoms with Crippen molar-refractivity contribution in [3.8, 4) is 11.1 Å². The van der Waals surface area contributed by atoms with Gasteiger partial charge in [0.1, 0.15) is 0 Å². The molecule has 3 rings (SSSR count). The lowest BCUT2D eigenvalue weighted by Gasteiger charge is -2.22. The fraction of sp³-hybridized carbons (Fsp3) is 0.333. The van der Waals surface area contributed by atoms with Crippen LogP contribution in [-0.4, -0.2) is 0 Å². The summed E-state index contributed by atoms with van der Waals surface area (Å²) >= 11 is 0. The smallest absolute Gasteiger partial charge is 0.167 e. The number of allylic oxidation sites excluding steroid dienone is 2. The Balaban J connectivity index is 1.90. The molecular weight excluding hydrogens is 290 g/mol. The molecule has 0 aliphatic heterocycles. The van der Waals surface area contributed by atoms with E-state index in [1.807, 2.05) is 18.2 Å². The van der Waals surface area contributed by atoms with E-state index in [0.29, 0.717) is 22.6 Å². The first-order valence-corrected chi connectivity index (χ1v) is 8.43. The molecule has 2 aromatic rings. The van der Waals surface area contributed by atoms with Gasteiger partial charge in [-0.1, -0.05) is 68.3 Å². The number of benzene rings is 2. The van der Waals surface area contributed by atoms with Crippen LogP contribution in [0.1, 0.15) is 44.6 Å². The molecular formula is C21H22F2. The van der Waals surface area contributed by atoms with E-state index in [1.54, 1.807) is 24.3 Å². The summed E-state index contributed by atoms with van der Waals surface area (Å²) in [6, 6.07) is 12.6. The maximum absolute atomic E-state index is 14.6. The Hall–Kier alpha value is -1.96. The molecule has 1 atom stereocenters. The van der Waals surface area contributed by atoms with Gasteiger partial charge in [0, 0.05) is 11.1 Å². The van der Waals surface area contributed by atoms with Crippen LogP contribution >= 0.6 is 0 Å². The summed E-state index contributed by atoms with van der Waals surface area (Å²) in [6.45, 7) is 2.19. The average Bonchev–Trinajstić information content (AvgIpc) is 2.59.